The Morgan fingerprint density at radius 3 is 2.14 bits per heavy atom. The van der Waals surface area contributed by atoms with Crippen LogP contribution in [0.1, 0.15) is 12.5 Å². The molecule has 0 spiro atoms. The van der Waals surface area contributed by atoms with Crippen molar-refractivity contribution in [1.82, 2.24) is 4.90 Å². The second-order valence-electron chi connectivity index (χ2n) is 6.33. The molecule has 0 aromatic heterocycles. The van der Waals surface area contributed by atoms with Gasteiger partial charge in [0.15, 0.2) is 0 Å². The number of hydrogen-bond donors (Lipinski definition) is 2. The summed E-state index contributed by atoms with van der Waals surface area (Å²) in [6, 6.07) is 12.7. The van der Waals surface area contributed by atoms with Crippen molar-refractivity contribution in [3.05, 3.63) is 48.0 Å². The van der Waals surface area contributed by atoms with E-state index in [0.717, 1.165) is 11.3 Å². The first-order valence-corrected chi connectivity index (χ1v) is 9.06. The van der Waals surface area contributed by atoms with Gasteiger partial charge in [-0.3, -0.25) is 14.5 Å². The molecule has 0 saturated heterocycles. The average Bonchev–Trinajstić information content (AvgIpc) is 2.68. The van der Waals surface area contributed by atoms with E-state index in [9.17, 15) is 9.59 Å². The number of methoxy groups -OCH3 is 2. The standard InChI is InChI=1S/C21H27N3O4/c1-5-24(13-20(25)22-16-7-9-17(27-3)10-8-16)14-21(26)23-18-12-15(2)6-11-19(18)28-4/h6-12H,5,13-14H2,1-4H3,(H,22,25)(H,23,26). The molecule has 0 saturated carbocycles. The van der Waals surface area contributed by atoms with Crippen LogP contribution < -0.4 is 20.1 Å². The summed E-state index contributed by atoms with van der Waals surface area (Å²) in [4.78, 5) is 26.5. The van der Waals surface area contributed by atoms with Crippen LogP contribution in [0.2, 0.25) is 0 Å². The molecule has 28 heavy (non-hydrogen) atoms. The van der Waals surface area contributed by atoms with Crippen molar-refractivity contribution in [2.45, 2.75) is 13.8 Å². The van der Waals surface area contributed by atoms with Gasteiger partial charge in [-0.15, -0.1) is 0 Å². The Morgan fingerprint density at radius 2 is 1.57 bits per heavy atom. The molecule has 2 N–H and O–H groups in total. The van der Waals surface area contributed by atoms with Gasteiger partial charge in [0.05, 0.1) is 33.0 Å². The number of aryl methyl sites for hydroxylation is 1. The van der Waals surface area contributed by atoms with Gasteiger partial charge in [-0.1, -0.05) is 13.0 Å². The summed E-state index contributed by atoms with van der Waals surface area (Å²) in [5, 5.41) is 5.67. The number of benzene rings is 2. The first-order chi connectivity index (χ1) is 13.4. The number of rotatable bonds is 9. The minimum absolute atomic E-state index is 0.101. The normalized spacial score (nSPS) is 10.5. The predicted octanol–water partition coefficient (Wildman–Crippen LogP) is 2.91. The van der Waals surface area contributed by atoms with Gasteiger partial charge >= 0.3 is 0 Å². The van der Waals surface area contributed by atoms with E-state index >= 15 is 0 Å². The Hall–Kier alpha value is -3.06. The van der Waals surface area contributed by atoms with E-state index in [2.05, 4.69) is 10.6 Å². The summed E-state index contributed by atoms with van der Waals surface area (Å²) in [5.74, 6) is 0.923. The molecular formula is C21H27N3O4. The fourth-order valence-corrected chi connectivity index (χ4v) is 2.67. The molecule has 7 nitrogen and oxygen atoms in total. The lowest BCUT2D eigenvalue weighted by atomic mass is 10.2. The molecular weight excluding hydrogens is 358 g/mol. The largest absolute Gasteiger partial charge is 0.497 e. The molecule has 2 amide bonds. The van der Waals surface area contributed by atoms with E-state index < -0.39 is 0 Å². The first-order valence-electron chi connectivity index (χ1n) is 9.06. The highest BCUT2D eigenvalue weighted by molar-refractivity contribution is 5.95. The van der Waals surface area contributed by atoms with Crippen molar-refractivity contribution < 1.29 is 19.1 Å². The first kappa shape index (κ1) is 21.2. The maximum atomic E-state index is 12.4. The maximum Gasteiger partial charge on any atom is 0.238 e. The lowest BCUT2D eigenvalue weighted by Crippen LogP contribution is -2.38. The van der Waals surface area contributed by atoms with Gasteiger partial charge in [0.2, 0.25) is 11.8 Å². The van der Waals surface area contributed by atoms with Crippen LogP contribution in [0.5, 0.6) is 11.5 Å². The smallest absolute Gasteiger partial charge is 0.238 e. The maximum absolute atomic E-state index is 12.4. The average molecular weight is 385 g/mol. The van der Waals surface area contributed by atoms with E-state index in [-0.39, 0.29) is 24.9 Å². The van der Waals surface area contributed by atoms with Gasteiger partial charge in [0.1, 0.15) is 11.5 Å². The quantitative estimate of drug-likeness (QED) is 0.694. The summed E-state index contributed by atoms with van der Waals surface area (Å²) < 4.78 is 10.4. The number of anilines is 2. The minimum atomic E-state index is -0.206. The fraction of sp³-hybridized carbons (Fsp3) is 0.333. The number of carbonyl (C=O) groups is 2. The zero-order valence-corrected chi connectivity index (χ0v) is 16.7. The summed E-state index contributed by atoms with van der Waals surface area (Å²) in [7, 11) is 3.15. The Labute approximate surface area is 165 Å². The number of likely N-dealkylation sites (N-methyl/N-ethyl adjacent to an activating group) is 1. The molecule has 0 aliphatic rings. The number of carbonyl (C=O) groups excluding carboxylic acids is 2. The number of nitrogens with one attached hydrogen (secondary N) is 2. The molecule has 2 aromatic carbocycles. The SMILES string of the molecule is CCN(CC(=O)Nc1ccc(OC)cc1)CC(=O)Nc1cc(C)ccc1OC. The van der Waals surface area contributed by atoms with Gasteiger partial charge in [-0.25, -0.2) is 0 Å². The summed E-state index contributed by atoms with van der Waals surface area (Å²) in [5.41, 5.74) is 2.31. The molecule has 0 radical (unpaired) electrons. The molecule has 0 aliphatic heterocycles. The van der Waals surface area contributed by atoms with Gasteiger partial charge in [0, 0.05) is 5.69 Å². The number of nitrogens with zero attached hydrogens (tertiary/aromatic N) is 1. The number of hydrogen-bond acceptors (Lipinski definition) is 5. The van der Waals surface area contributed by atoms with Gasteiger partial charge < -0.3 is 20.1 Å². The van der Waals surface area contributed by atoms with Crippen LogP contribution in [0.15, 0.2) is 42.5 Å². The highest BCUT2D eigenvalue weighted by Crippen LogP contribution is 2.25. The molecule has 7 heteroatoms. The Bertz CT molecular complexity index is 806. The minimum Gasteiger partial charge on any atom is -0.497 e. The molecule has 0 atom stereocenters. The van der Waals surface area contributed by atoms with Crippen molar-refractivity contribution in [2.75, 3.05) is 44.5 Å². The van der Waals surface area contributed by atoms with Crippen LogP contribution in [0.25, 0.3) is 0 Å². The molecule has 0 aliphatic carbocycles. The predicted molar refractivity (Wildman–Crippen MR) is 110 cm³/mol. The third kappa shape index (κ3) is 6.28. The third-order valence-corrected chi connectivity index (χ3v) is 4.18. The van der Waals surface area contributed by atoms with Crippen molar-refractivity contribution in [3.63, 3.8) is 0 Å². The van der Waals surface area contributed by atoms with Gasteiger partial charge in [-0.2, -0.15) is 0 Å². The second-order valence-corrected chi connectivity index (χ2v) is 6.33. The van der Waals surface area contributed by atoms with E-state index in [4.69, 9.17) is 9.47 Å². The summed E-state index contributed by atoms with van der Waals surface area (Å²) in [6.07, 6.45) is 0. The molecule has 0 heterocycles. The van der Waals surface area contributed by atoms with Crippen molar-refractivity contribution in [3.8, 4) is 11.5 Å². The van der Waals surface area contributed by atoms with E-state index in [1.54, 1.807) is 43.4 Å². The third-order valence-electron chi connectivity index (χ3n) is 4.18. The molecule has 2 aromatic rings. The highest BCUT2D eigenvalue weighted by Gasteiger charge is 2.15. The molecule has 0 bridgehead atoms. The summed E-state index contributed by atoms with van der Waals surface area (Å²) >= 11 is 0. The zero-order valence-electron chi connectivity index (χ0n) is 16.7. The monoisotopic (exact) mass is 385 g/mol. The summed E-state index contributed by atoms with van der Waals surface area (Å²) in [6.45, 7) is 4.62. The van der Waals surface area contributed by atoms with Crippen molar-refractivity contribution in [2.24, 2.45) is 0 Å². The molecule has 2 rings (SSSR count). The van der Waals surface area contributed by atoms with Gasteiger partial charge in [-0.05, 0) is 55.4 Å². The Kier molecular flexibility index (Phi) is 7.83. The van der Waals surface area contributed by atoms with E-state index in [1.165, 1.54) is 0 Å². The van der Waals surface area contributed by atoms with Gasteiger partial charge in [0.25, 0.3) is 0 Å². The molecule has 150 valence electrons. The highest BCUT2D eigenvalue weighted by atomic mass is 16.5. The van der Waals surface area contributed by atoms with E-state index in [0.29, 0.717) is 23.7 Å². The lowest BCUT2D eigenvalue weighted by molar-refractivity contribution is -0.119. The molecule has 0 unspecified atom stereocenters. The lowest BCUT2D eigenvalue weighted by Gasteiger charge is -2.20. The van der Waals surface area contributed by atoms with Crippen LogP contribution >= 0.6 is 0 Å². The van der Waals surface area contributed by atoms with Crippen LogP contribution in [0, 0.1) is 6.92 Å². The Balaban J connectivity index is 1.91. The topological polar surface area (TPSA) is 79.9 Å². The Morgan fingerprint density at radius 1 is 0.929 bits per heavy atom. The van der Waals surface area contributed by atoms with Crippen LogP contribution in [0.3, 0.4) is 0 Å². The number of ether oxygens (including phenoxy) is 2. The zero-order chi connectivity index (χ0) is 20.5. The second kappa shape index (κ2) is 10.3. The van der Waals surface area contributed by atoms with Crippen LogP contribution in [-0.4, -0.2) is 50.6 Å². The fourth-order valence-electron chi connectivity index (χ4n) is 2.67. The van der Waals surface area contributed by atoms with Crippen molar-refractivity contribution >= 4 is 23.2 Å². The van der Waals surface area contributed by atoms with Crippen LogP contribution in [-0.2, 0) is 9.59 Å². The van der Waals surface area contributed by atoms with E-state index in [1.807, 2.05) is 32.0 Å². The molecule has 0 fully saturated rings. The van der Waals surface area contributed by atoms with Crippen molar-refractivity contribution in [1.29, 1.82) is 0 Å². The number of amides is 2. The van der Waals surface area contributed by atoms with Crippen LogP contribution in [0.4, 0.5) is 11.4 Å².